The number of hydrogen-bond donors (Lipinski definition) is 0. The standard InChI is InChI=1S/C15H13Cl2N5O/c16-11-7-10(8-12(17)9-11)15-19-18-13-3-4-14(20-22(13)15)21-5-1-2-6-23-21/h3-4,7-9H,1-2,5-6H2. The summed E-state index contributed by atoms with van der Waals surface area (Å²) in [6.07, 6.45) is 2.15. The Morgan fingerprint density at radius 1 is 1.00 bits per heavy atom. The predicted molar refractivity (Wildman–Crippen MR) is 88.8 cm³/mol. The average molecular weight is 350 g/mol. The maximum atomic E-state index is 6.08. The fourth-order valence-electron chi connectivity index (χ4n) is 2.55. The van der Waals surface area contributed by atoms with Crippen LogP contribution in [0.4, 0.5) is 5.82 Å². The highest BCUT2D eigenvalue weighted by molar-refractivity contribution is 6.35. The SMILES string of the molecule is Clc1cc(Cl)cc(-c2nnc3ccc(N4CCCCO4)nn23)c1. The molecule has 3 heterocycles. The smallest absolute Gasteiger partial charge is 0.185 e. The summed E-state index contributed by atoms with van der Waals surface area (Å²) in [7, 11) is 0. The Bertz CT molecular complexity index is 840. The molecule has 1 fully saturated rings. The van der Waals surface area contributed by atoms with Gasteiger partial charge < -0.3 is 0 Å². The molecule has 1 aliphatic rings. The van der Waals surface area contributed by atoms with Gasteiger partial charge in [-0.05, 0) is 43.2 Å². The van der Waals surface area contributed by atoms with E-state index in [1.165, 1.54) is 0 Å². The molecule has 4 rings (SSSR count). The highest BCUT2D eigenvalue weighted by Crippen LogP contribution is 2.27. The molecule has 0 atom stereocenters. The molecule has 0 spiro atoms. The molecular weight excluding hydrogens is 337 g/mol. The van der Waals surface area contributed by atoms with Crippen LogP contribution in [0.5, 0.6) is 0 Å². The molecule has 6 nitrogen and oxygen atoms in total. The third kappa shape index (κ3) is 2.85. The number of rotatable bonds is 2. The summed E-state index contributed by atoms with van der Waals surface area (Å²) in [6.45, 7) is 1.53. The Labute approximate surface area is 142 Å². The topological polar surface area (TPSA) is 55.5 Å². The summed E-state index contributed by atoms with van der Waals surface area (Å²) >= 11 is 12.2. The molecule has 3 aromatic rings. The number of anilines is 1. The number of halogens is 2. The number of hydroxylamine groups is 1. The Balaban J connectivity index is 1.80. The van der Waals surface area contributed by atoms with Crippen molar-refractivity contribution in [3.05, 3.63) is 40.4 Å². The van der Waals surface area contributed by atoms with Gasteiger partial charge in [0.25, 0.3) is 0 Å². The number of aromatic nitrogens is 4. The van der Waals surface area contributed by atoms with Crippen LogP contribution >= 0.6 is 23.2 Å². The zero-order valence-electron chi connectivity index (χ0n) is 12.1. The molecule has 8 heteroatoms. The number of hydrogen-bond acceptors (Lipinski definition) is 5. The first-order valence-corrected chi connectivity index (χ1v) is 8.06. The minimum Gasteiger partial charge on any atom is -0.272 e. The van der Waals surface area contributed by atoms with E-state index in [4.69, 9.17) is 28.0 Å². The van der Waals surface area contributed by atoms with Crippen molar-refractivity contribution in [2.24, 2.45) is 0 Å². The van der Waals surface area contributed by atoms with Crippen molar-refractivity contribution in [3.8, 4) is 11.4 Å². The first-order chi connectivity index (χ1) is 11.2. The molecule has 118 valence electrons. The van der Waals surface area contributed by atoms with Gasteiger partial charge in [-0.3, -0.25) is 4.84 Å². The molecule has 0 unspecified atom stereocenters. The van der Waals surface area contributed by atoms with Crippen LogP contribution in [0.1, 0.15) is 12.8 Å². The van der Waals surface area contributed by atoms with E-state index in [-0.39, 0.29) is 0 Å². The fraction of sp³-hybridized carbons (Fsp3) is 0.267. The number of benzene rings is 1. The molecule has 0 amide bonds. The normalized spacial score (nSPS) is 15.3. The summed E-state index contributed by atoms with van der Waals surface area (Å²) in [5.74, 6) is 1.31. The van der Waals surface area contributed by atoms with Gasteiger partial charge in [-0.25, -0.2) is 5.06 Å². The number of nitrogens with zero attached hydrogens (tertiary/aromatic N) is 5. The zero-order chi connectivity index (χ0) is 15.8. The molecule has 0 N–H and O–H groups in total. The Morgan fingerprint density at radius 2 is 1.83 bits per heavy atom. The molecule has 0 bridgehead atoms. The van der Waals surface area contributed by atoms with Crippen molar-refractivity contribution in [3.63, 3.8) is 0 Å². The molecule has 1 aliphatic heterocycles. The van der Waals surface area contributed by atoms with Crippen molar-refractivity contribution < 1.29 is 4.84 Å². The van der Waals surface area contributed by atoms with E-state index < -0.39 is 0 Å². The third-order valence-electron chi connectivity index (χ3n) is 3.63. The molecule has 0 saturated carbocycles. The largest absolute Gasteiger partial charge is 0.272 e. The highest BCUT2D eigenvalue weighted by atomic mass is 35.5. The van der Waals surface area contributed by atoms with Crippen LogP contribution in [0.15, 0.2) is 30.3 Å². The molecule has 0 aliphatic carbocycles. The van der Waals surface area contributed by atoms with Crippen molar-refractivity contribution in [2.75, 3.05) is 18.2 Å². The van der Waals surface area contributed by atoms with Crippen LogP contribution < -0.4 is 5.06 Å². The maximum Gasteiger partial charge on any atom is 0.185 e. The Morgan fingerprint density at radius 3 is 2.57 bits per heavy atom. The second kappa shape index (κ2) is 5.96. The third-order valence-corrected chi connectivity index (χ3v) is 4.06. The van der Waals surface area contributed by atoms with Gasteiger partial charge in [-0.2, -0.15) is 4.52 Å². The van der Waals surface area contributed by atoms with Gasteiger partial charge in [-0.1, -0.05) is 23.2 Å². The van der Waals surface area contributed by atoms with Crippen LogP contribution in [0.2, 0.25) is 10.0 Å². The van der Waals surface area contributed by atoms with E-state index in [1.807, 2.05) is 12.1 Å². The summed E-state index contributed by atoms with van der Waals surface area (Å²) in [4.78, 5) is 5.65. The number of fused-ring (bicyclic) bond motifs is 1. The lowest BCUT2D eigenvalue weighted by atomic mass is 10.2. The van der Waals surface area contributed by atoms with Crippen molar-refractivity contribution in [1.29, 1.82) is 0 Å². The summed E-state index contributed by atoms with van der Waals surface area (Å²) < 4.78 is 1.68. The average Bonchev–Trinajstić information content (AvgIpc) is 2.98. The van der Waals surface area contributed by atoms with E-state index in [0.717, 1.165) is 30.8 Å². The van der Waals surface area contributed by atoms with E-state index in [1.54, 1.807) is 27.8 Å². The maximum absolute atomic E-state index is 6.08. The first kappa shape index (κ1) is 14.7. The van der Waals surface area contributed by atoms with Gasteiger partial charge in [-0.15, -0.1) is 15.3 Å². The van der Waals surface area contributed by atoms with Crippen LogP contribution in [0.3, 0.4) is 0 Å². The van der Waals surface area contributed by atoms with Crippen LogP contribution in [0, 0.1) is 0 Å². The van der Waals surface area contributed by atoms with Crippen molar-refractivity contribution in [1.82, 2.24) is 19.8 Å². The van der Waals surface area contributed by atoms with Crippen molar-refractivity contribution >= 4 is 34.7 Å². The van der Waals surface area contributed by atoms with Gasteiger partial charge >= 0.3 is 0 Å². The van der Waals surface area contributed by atoms with Crippen LogP contribution in [-0.4, -0.2) is 33.0 Å². The highest BCUT2D eigenvalue weighted by Gasteiger charge is 2.16. The van der Waals surface area contributed by atoms with E-state index in [0.29, 0.717) is 28.1 Å². The summed E-state index contributed by atoms with van der Waals surface area (Å²) in [5.41, 5.74) is 1.41. The Hall–Kier alpha value is -1.89. The molecule has 0 radical (unpaired) electrons. The van der Waals surface area contributed by atoms with Crippen LogP contribution in [0.25, 0.3) is 17.0 Å². The first-order valence-electron chi connectivity index (χ1n) is 7.30. The lowest BCUT2D eigenvalue weighted by Crippen LogP contribution is -2.30. The summed E-state index contributed by atoms with van der Waals surface area (Å²) in [6, 6.07) is 8.99. The van der Waals surface area contributed by atoms with Gasteiger partial charge in [0.1, 0.15) is 0 Å². The quantitative estimate of drug-likeness (QED) is 0.706. The lowest BCUT2D eigenvalue weighted by Gasteiger charge is -2.26. The van der Waals surface area contributed by atoms with Crippen molar-refractivity contribution in [2.45, 2.75) is 12.8 Å². The minimum absolute atomic E-state index is 0.541. The second-order valence-corrected chi connectivity index (χ2v) is 6.16. The molecular formula is C15H13Cl2N5O. The fourth-order valence-corrected chi connectivity index (χ4v) is 3.08. The minimum atomic E-state index is 0.541. The van der Waals surface area contributed by atoms with Gasteiger partial charge in [0, 0.05) is 22.2 Å². The molecule has 1 saturated heterocycles. The lowest BCUT2D eigenvalue weighted by molar-refractivity contribution is 0.0757. The van der Waals surface area contributed by atoms with E-state index in [2.05, 4.69) is 15.3 Å². The zero-order valence-corrected chi connectivity index (χ0v) is 13.6. The monoisotopic (exact) mass is 349 g/mol. The second-order valence-electron chi connectivity index (χ2n) is 5.29. The summed E-state index contributed by atoms with van der Waals surface area (Å²) in [5, 5.41) is 15.8. The molecule has 1 aromatic carbocycles. The molecule has 23 heavy (non-hydrogen) atoms. The van der Waals surface area contributed by atoms with Gasteiger partial charge in [0.2, 0.25) is 0 Å². The van der Waals surface area contributed by atoms with E-state index >= 15 is 0 Å². The van der Waals surface area contributed by atoms with Gasteiger partial charge in [0.05, 0.1) is 6.61 Å². The Kier molecular flexibility index (Phi) is 3.80. The van der Waals surface area contributed by atoms with E-state index in [9.17, 15) is 0 Å². The van der Waals surface area contributed by atoms with Gasteiger partial charge in [0.15, 0.2) is 17.3 Å². The van der Waals surface area contributed by atoms with Crippen LogP contribution in [-0.2, 0) is 4.84 Å². The predicted octanol–water partition coefficient (Wildman–Crippen LogP) is 3.63. The molecule has 2 aromatic heterocycles.